The first-order valence-corrected chi connectivity index (χ1v) is 7.12. The molecular weight excluding hydrogens is 276 g/mol. The molecule has 1 aliphatic heterocycles. The van der Waals surface area contributed by atoms with E-state index in [4.69, 9.17) is 4.74 Å². The molecule has 0 radical (unpaired) electrons. The van der Waals surface area contributed by atoms with E-state index in [0.717, 1.165) is 11.3 Å². The summed E-state index contributed by atoms with van der Waals surface area (Å²) in [4.78, 5) is 28.8. The Morgan fingerprint density at radius 1 is 1.35 bits per heavy atom. The van der Waals surface area contributed by atoms with Crippen LogP contribution in [0.2, 0.25) is 0 Å². The van der Waals surface area contributed by atoms with E-state index in [1.165, 1.54) is 23.6 Å². The summed E-state index contributed by atoms with van der Waals surface area (Å²) in [6.45, 7) is 1.41. The van der Waals surface area contributed by atoms with Crippen LogP contribution in [0, 0.1) is 0 Å². The van der Waals surface area contributed by atoms with Crippen molar-refractivity contribution in [1.29, 1.82) is 0 Å². The quantitative estimate of drug-likeness (QED) is 0.783. The van der Waals surface area contributed by atoms with Gasteiger partial charge in [-0.2, -0.15) is 4.99 Å². The predicted octanol–water partition coefficient (Wildman–Crippen LogP) is 2.14. The van der Waals surface area contributed by atoms with E-state index in [0.29, 0.717) is 5.17 Å². The zero-order valence-electron chi connectivity index (χ0n) is 11.4. The molecule has 0 N–H and O–H groups in total. The van der Waals surface area contributed by atoms with Gasteiger partial charge in [0.1, 0.15) is 11.4 Å². The third-order valence-electron chi connectivity index (χ3n) is 2.77. The van der Waals surface area contributed by atoms with Gasteiger partial charge in [0.25, 0.3) is 5.91 Å². The summed E-state index contributed by atoms with van der Waals surface area (Å²) in [5.41, 5.74) is 1.07. The van der Waals surface area contributed by atoms with Crippen molar-refractivity contribution in [2.45, 2.75) is 6.92 Å². The van der Waals surface area contributed by atoms with Crippen molar-refractivity contribution in [3.8, 4) is 5.75 Å². The molecular formula is C14H14N2O3S. The summed E-state index contributed by atoms with van der Waals surface area (Å²) in [6, 6.07) is 7.21. The van der Waals surface area contributed by atoms with E-state index in [2.05, 4.69) is 4.99 Å². The average molecular weight is 290 g/mol. The highest BCUT2D eigenvalue weighted by Crippen LogP contribution is 2.24. The Balaban J connectivity index is 2.36. The molecule has 1 heterocycles. The number of carbonyl (C=O) groups excluding carboxylic acids is 2. The molecule has 20 heavy (non-hydrogen) atoms. The normalized spacial score (nSPS) is 16.6. The Labute approximate surface area is 121 Å². The van der Waals surface area contributed by atoms with Crippen LogP contribution in [0.3, 0.4) is 0 Å². The largest absolute Gasteiger partial charge is 0.497 e. The van der Waals surface area contributed by atoms with Gasteiger partial charge in [0.2, 0.25) is 5.91 Å². The summed E-state index contributed by atoms with van der Waals surface area (Å²) < 4.78 is 5.08. The number of hydrogen-bond acceptors (Lipinski definition) is 4. The first-order valence-electron chi connectivity index (χ1n) is 5.90. The van der Waals surface area contributed by atoms with Gasteiger partial charge in [0.05, 0.1) is 7.11 Å². The predicted molar refractivity (Wildman–Crippen MR) is 79.4 cm³/mol. The highest BCUT2D eigenvalue weighted by atomic mass is 32.2. The van der Waals surface area contributed by atoms with Crippen LogP contribution in [0.4, 0.5) is 0 Å². The number of amides is 2. The second kappa shape index (κ2) is 5.92. The first kappa shape index (κ1) is 14.3. The third-order valence-corrected chi connectivity index (χ3v) is 3.40. The lowest BCUT2D eigenvalue weighted by Gasteiger charge is -2.15. The van der Waals surface area contributed by atoms with Crippen LogP contribution in [0.25, 0.3) is 6.08 Å². The smallest absolute Gasteiger partial charge is 0.296 e. The molecule has 2 rings (SSSR count). The fourth-order valence-corrected chi connectivity index (χ4v) is 2.40. The number of rotatable bonds is 2. The van der Waals surface area contributed by atoms with Crippen LogP contribution in [0.1, 0.15) is 12.5 Å². The van der Waals surface area contributed by atoms with Crippen LogP contribution in [0.15, 0.2) is 35.0 Å². The third kappa shape index (κ3) is 2.75. The summed E-state index contributed by atoms with van der Waals surface area (Å²) in [5, 5.41) is 0.405. The van der Waals surface area contributed by atoms with Gasteiger partial charge in [0.15, 0.2) is 5.17 Å². The van der Waals surface area contributed by atoms with E-state index < -0.39 is 5.91 Å². The van der Waals surface area contributed by atoms with E-state index in [-0.39, 0.29) is 11.6 Å². The van der Waals surface area contributed by atoms with Gasteiger partial charge < -0.3 is 4.74 Å². The van der Waals surface area contributed by atoms with Gasteiger partial charge in [-0.15, -0.1) is 0 Å². The minimum absolute atomic E-state index is 0.233. The van der Waals surface area contributed by atoms with Crippen LogP contribution in [-0.4, -0.2) is 35.2 Å². The van der Waals surface area contributed by atoms with Crippen LogP contribution < -0.4 is 4.74 Å². The number of carbonyl (C=O) groups is 2. The lowest BCUT2D eigenvalue weighted by Crippen LogP contribution is -2.29. The molecule has 0 atom stereocenters. The molecule has 5 nitrogen and oxygen atoms in total. The minimum Gasteiger partial charge on any atom is -0.497 e. The van der Waals surface area contributed by atoms with Gasteiger partial charge in [0, 0.05) is 6.92 Å². The maximum atomic E-state index is 11.9. The Morgan fingerprint density at radius 3 is 2.50 bits per heavy atom. The zero-order chi connectivity index (χ0) is 14.7. The molecule has 0 aromatic heterocycles. The van der Waals surface area contributed by atoms with Gasteiger partial charge in [-0.3, -0.25) is 14.5 Å². The zero-order valence-corrected chi connectivity index (χ0v) is 12.2. The second-order valence-electron chi connectivity index (χ2n) is 4.06. The highest BCUT2D eigenvalue weighted by Gasteiger charge is 2.31. The Hall–Kier alpha value is -2.08. The lowest BCUT2D eigenvalue weighted by molar-refractivity contribution is -0.125. The highest BCUT2D eigenvalue weighted by molar-refractivity contribution is 8.13. The fourth-order valence-electron chi connectivity index (χ4n) is 1.82. The van der Waals surface area contributed by atoms with Crippen molar-refractivity contribution in [3.63, 3.8) is 0 Å². The molecule has 104 valence electrons. The van der Waals surface area contributed by atoms with E-state index in [1.54, 1.807) is 31.6 Å². The molecule has 0 saturated carbocycles. The second-order valence-corrected chi connectivity index (χ2v) is 4.83. The fraction of sp³-hybridized carbons (Fsp3) is 0.214. The molecule has 0 fully saturated rings. The van der Waals surface area contributed by atoms with E-state index in [9.17, 15) is 9.59 Å². The standard InChI is InChI=1S/C14H14N2O3S/c1-9(17)16-12(13(18)15-14(16)20-3)8-10-4-6-11(19-2)7-5-10/h4-8H,1-3H3/b12-8+. The molecule has 1 aromatic rings. The van der Waals surface area contributed by atoms with Crippen LogP contribution in [0.5, 0.6) is 5.75 Å². The number of amidine groups is 1. The van der Waals surface area contributed by atoms with Gasteiger partial charge in [-0.25, -0.2) is 0 Å². The number of methoxy groups -OCH3 is 1. The molecule has 0 unspecified atom stereocenters. The number of ether oxygens (including phenoxy) is 1. The van der Waals surface area contributed by atoms with Gasteiger partial charge in [-0.05, 0) is 30.0 Å². The topological polar surface area (TPSA) is 59.0 Å². The average Bonchev–Trinajstić information content (AvgIpc) is 2.76. The summed E-state index contributed by atoms with van der Waals surface area (Å²) in [6.07, 6.45) is 3.42. The molecule has 1 aliphatic rings. The van der Waals surface area contributed by atoms with Crippen LogP contribution in [-0.2, 0) is 9.59 Å². The minimum atomic E-state index is -0.402. The number of aliphatic imine (C=N–C) groups is 1. The number of benzene rings is 1. The maximum Gasteiger partial charge on any atom is 0.296 e. The van der Waals surface area contributed by atoms with Gasteiger partial charge >= 0.3 is 0 Å². The van der Waals surface area contributed by atoms with Crippen molar-refractivity contribution in [3.05, 3.63) is 35.5 Å². The molecule has 0 aliphatic carbocycles. The van der Waals surface area contributed by atoms with Crippen molar-refractivity contribution < 1.29 is 14.3 Å². The van der Waals surface area contributed by atoms with Crippen molar-refractivity contribution in [2.24, 2.45) is 4.99 Å². The first-order chi connectivity index (χ1) is 9.56. The number of nitrogens with zero attached hydrogens (tertiary/aromatic N) is 2. The summed E-state index contributed by atoms with van der Waals surface area (Å²) in [7, 11) is 1.59. The van der Waals surface area contributed by atoms with Gasteiger partial charge in [-0.1, -0.05) is 23.9 Å². The van der Waals surface area contributed by atoms with Crippen molar-refractivity contribution in [2.75, 3.05) is 13.4 Å². The van der Waals surface area contributed by atoms with Crippen molar-refractivity contribution in [1.82, 2.24) is 4.90 Å². The molecule has 0 spiro atoms. The SMILES string of the molecule is COc1ccc(/C=C2\C(=O)N=C(SC)N2C(C)=O)cc1. The molecule has 0 bridgehead atoms. The van der Waals surface area contributed by atoms with Crippen molar-refractivity contribution >= 4 is 34.8 Å². The monoisotopic (exact) mass is 290 g/mol. The number of hydrogen-bond donors (Lipinski definition) is 0. The summed E-state index contributed by atoms with van der Waals surface area (Å²) in [5.74, 6) is 0.0958. The maximum absolute atomic E-state index is 11.9. The molecule has 0 saturated heterocycles. The molecule has 2 amide bonds. The number of thioether (sulfide) groups is 1. The van der Waals surface area contributed by atoms with E-state index >= 15 is 0 Å². The molecule has 6 heteroatoms. The lowest BCUT2D eigenvalue weighted by atomic mass is 10.1. The Morgan fingerprint density at radius 2 is 2.00 bits per heavy atom. The van der Waals surface area contributed by atoms with E-state index in [1.807, 2.05) is 12.1 Å². The molecule has 1 aromatic carbocycles. The van der Waals surface area contributed by atoms with Crippen LogP contribution >= 0.6 is 11.8 Å². The Bertz CT molecular complexity index is 605. The Kier molecular flexibility index (Phi) is 4.24. The summed E-state index contributed by atoms with van der Waals surface area (Å²) >= 11 is 1.27.